The van der Waals surface area contributed by atoms with Crippen LogP contribution in [-0.4, -0.2) is 77.5 Å². The highest BCUT2D eigenvalue weighted by atomic mass is 16.6. The van der Waals surface area contributed by atoms with Gasteiger partial charge in [0.1, 0.15) is 12.1 Å². The standard InChI is InChI=1S/C19H31BN4O8/c1-10(25)16(24-19(30)17(22-11(2)26)12-5-3-4-6-12)18(29)21-9-14(27)23-13-7-8-15(28)32-20(13)31/h10,12-13,16-17,25,31H,3-9H2,1-2H3,(H,21,29)(H,22,26)(H,23,27)(H,24,30)/t10?,13?,16-,17-/m0/s1. The molecular formula is C19H31BN4O8. The molecular weight excluding hydrogens is 423 g/mol. The molecule has 2 aliphatic rings. The van der Waals surface area contributed by atoms with E-state index >= 15 is 0 Å². The maximum atomic E-state index is 12.8. The van der Waals surface area contributed by atoms with Gasteiger partial charge >= 0.3 is 7.12 Å². The van der Waals surface area contributed by atoms with Crippen molar-refractivity contribution in [3.05, 3.63) is 0 Å². The van der Waals surface area contributed by atoms with E-state index < -0.39 is 61.5 Å². The van der Waals surface area contributed by atoms with Gasteiger partial charge in [-0.1, -0.05) is 12.8 Å². The minimum Gasteiger partial charge on any atom is -0.508 e. The average molecular weight is 454 g/mol. The summed E-state index contributed by atoms with van der Waals surface area (Å²) in [6.45, 7) is 2.14. The largest absolute Gasteiger partial charge is 0.548 e. The van der Waals surface area contributed by atoms with Gasteiger partial charge in [-0.15, -0.1) is 0 Å². The van der Waals surface area contributed by atoms with E-state index in [1.165, 1.54) is 13.8 Å². The molecule has 1 aliphatic heterocycles. The van der Waals surface area contributed by atoms with Gasteiger partial charge in [0.05, 0.1) is 18.6 Å². The smallest absolute Gasteiger partial charge is 0.508 e. The first-order valence-electron chi connectivity index (χ1n) is 10.8. The highest BCUT2D eigenvalue weighted by Gasteiger charge is 2.37. The number of aliphatic hydroxyl groups is 1. The third-order valence-electron chi connectivity index (χ3n) is 5.60. The van der Waals surface area contributed by atoms with E-state index in [0.29, 0.717) is 0 Å². The Hall–Kier alpha value is -2.67. The molecule has 0 aromatic rings. The van der Waals surface area contributed by atoms with Crippen molar-refractivity contribution in [2.24, 2.45) is 5.92 Å². The molecule has 0 aromatic carbocycles. The van der Waals surface area contributed by atoms with Crippen LogP contribution in [0.5, 0.6) is 0 Å². The molecule has 178 valence electrons. The number of amides is 4. The molecule has 2 fully saturated rings. The van der Waals surface area contributed by atoms with Gasteiger partial charge in [0, 0.05) is 13.3 Å². The Morgan fingerprint density at radius 1 is 1.12 bits per heavy atom. The zero-order chi connectivity index (χ0) is 23.8. The number of carbonyl (C=O) groups excluding carboxylic acids is 5. The van der Waals surface area contributed by atoms with Crippen molar-refractivity contribution in [1.29, 1.82) is 0 Å². The second-order valence-electron chi connectivity index (χ2n) is 8.26. The maximum Gasteiger partial charge on any atom is 0.548 e. The number of hydrogen-bond acceptors (Lipinski definition) is 8. The molecule has 1 saturated heterocycles. The van der Waals surface area contributed by atoms with E-state index in [-0.39, 0.29) is 24.7 Å². The molecule has 0 aromatic heterocycles. The van der Waals surface area contributed by atoms with E-state index in [1.54, 1.807) is 0 Å². The Kier molecular flexibility index (Phi) is 9.45. The Morgan fingerprint density at radius 3 is 2.34 bits per heavy atom. The van der Waals surface area contributed by atoms with Gasteiger partial charge in [-0.25, -0.2) is 0 Å². The summed E-state index contributed by atoms with van der Waals surface area (Å²) in [5, 5.41) is 29.5. The van der Waals surface area contributed by atoms with Crippen molar-refractivity contribution >= 4 is 36.7 Å². The summed E-state index contributed by atoms with van der Waals surface area (Å²) in [6.07, 6.45) is 2.40. The molecule has 12 nitrogen and oxygen atoms in total. The Morgan fingerprint density at radius 2 is 1.78 bits per heavy atom. The summed E-state index contributed by atoms with van der Waals surface area (Å²) < 4.78 is 4.63. The molecule has 32 heavy (non-hydrogen) atoms. The summed E-state index contributed by atoms with van der Waals surface area (Å²) >= 11 is 0. The topological polar surface area (TPSA) is 183 Å². The lowest BCUT2D eigenvalue weighted by Crippen LogP contribution is -2.59. The zero-order valence-corrected chi connectivity index (χ0v) is 18.3. The molecule has 1 aliphatic carbocycles. The van der Waals surface area contributed by atoms with E-state index in [9.17, 15) is 34.1 Å². The second kappa shape index (κ2) is 11.8. The van der Waals surface area contributed by atoms with Crippen molar-refractivity contribution < 1.29 is 38.8 Å². The molecule has 13 heteroatoms. The lowest BCUT2D eigenvalue weighted by molar-refractivity contribution is -0.138. The molecule has 4 atom stereocenters. The summed E-state index contributed by atoms with van der Waals surface area (Å²) in [4.78, 5) is 60.0. The van der Waals surface area contributed by atoms with Crippen molar-refractivity contribution in [1.82, 2.24) is 21.3 Å². The average Bonchev–Trinajstić information content (AvgIpc) is 3.24. The van der Waals surface area contributed by atoms with Crippen LogP contribution in [0, 0.1) is 5.92 Å². The van der Waals surface area contributed by atoms with Crippen LogP contribution in [0.1, 0.15) is 52.4 Å². The Bertz CT molecular complexity index is 728. The van der Waals surface area contributed by atoms with Crippen molar-refractivity contribution in [3.8, 4) is 0 Å². The summed E-state index contributed by atoms with van der Waals surface area (Å²) in [5.41, 5.74) is 0. The van der Waals surface area contributed by atoms with E-state index in [0.717, 1.165) is 25.7 Å². The van der Waals surface area contributed by atoms with Crippen LogP contribution in [-0.2, 0) is 28.6 Å². The maximum absolute atomic E-state index is 12.8. The van der Waals surface area contributed by atoms with Crippen molar-refractivity contribution in [2.45, 2.75) is 76.5 Å². The van der Waals surface area contributed by atoms with Gasteiger partial charge in [-0.3, -0.25) is 24.0 Å². The quantitative estimate of drug-likeness (QED) is 0.207. The molecule has 6 N–H and O–H groups in total. The number of rotatable bonds is 9. The number of aliphatic hydroxyl groups excluding tert-OH is 1. The van der Waals surface area contributed by atoms with E-state index in [2.05, 4.69) is 25.9 Å². The molecule has 2 rings (SSSR count). The van der Waals surface area contributed by atoms with Crippen LogP contribution in [0.4, 0.5) is 0 Å². The van der Waals surface area contributed by atoms with Gasteiger partial charge in [0.25, 0.3) is 5.97 Å². The monoisotopic (exact) mass is 454 g/mol. The lowest BCUT2D eigenvalue weighted by Gasteiger charge is -2.27. The minimum absolute atomic E-state index is 0.0426. The third kappa shape index (κ3) is 7.48. The molecule has 0 spiro atoms. The van der Waals surface area contributed by atoms with Gasteiger partial charge < -0.3 is 36.1 Å². The summed E-state index contributed by atoms with van der Waals surface area (Å²) in [6, 6.07) is -2.16. The first-order valence-corrected chi connectivity index (χ1v) is 10.8. The van der Waals surface area contributed by atoms with Crippen LogP contribution in [0.2, 0.25) is 0 Å². The summed E-state index contributed by atoms with van der Waals surface area (Å²) in [5.74, 6) is -3.80. The molecule has 4 amide bonds. The van der Waals surface area contributed by atoms with Crippen molar-refractivity contribution in [2.75, 3.05) is 6.54 Å². The highest BCUT2D eigenvalue weighted by molar-refractivity contribution is 6.48. The van der Waals surface area contributed by atoms with Crippen LogP contribution in [0.3, 0.4) is 0 Å². The second-order valence-corrected chi connectivity index (χ2v) is 8.26. The number of hydrogen-bond donors (Lipinski definition) is 6. The molecule has 2 unspecified atom stereocenters. The first-order chi connectivity index (χ1) is 15.1. The van der Waals surface area contributed by atoms with Gasteiger partial charge in [-0.05, 0) is 32.1 Å². The lowest BCUT2D eigenvalue weighted by atomic mass is 9.74. The fourth-order valence-corrected chi connectivity index (χ4v) is 3.93. The fraction of sp³-hybridized carbons (Fsp3) is 0.737. The van der Waals surface area contributed by atoms with Crippen LogP contribution in [0.15, 0.2) is 0 Å². The molecule has 0 radical (unpaired) electrons. The number of nitrogens with one attached hydrogen (secondary N) is 4. The van der Waals surface area contributed by atoms with E-state index in [4.69, 9.17) is 0 Å². The van der Waals surface area contributed by atoms with Gasteiger partial charge in [0.2, 0.25) is 23.6 Å². The van der Waals surface area contributed by atoms with Gasteiger partial charge in [0.15, 0.2) is 0 Å². The van der Waals surface area contributed by atoms with Crippen molar-refractivity contribution in [3.63, 3.8) is 0 Å². The van der Waals surface area contributed by atoms with Gasteiger partial charge in [-0.2, -0.15) is 0 Å². The predicted octanol–water partition coefficient (Wildman–Crippen LogP) is -2.50. The molecule has 1 heterocycles. The molecule has 1 saturated carbocycles. The Balaban J connectivity index is 1.90. The van der Waals surface area contributed by atoms with Crippen LogP contribution in [0.25, 0.3) is 0 Å². The third-order valence-corrected chi connectivity index (χ3v) is 5.60. The zero-order valence-electron chi connectivity index (χ0n) is 18.3. The predicted molar refractivity (Wildman–Crippen MR) is 111 cm³/mol. The fourth-order valence-electron chi connectivity index (χ4n) is 3.93. The normalized spacial score (nSPS) is 21.7. The summed E-state index contributed by atoms with van der Waals surface area (Å²) in [7, 11) is -1.47. The molecule has 0 bridgehead atoms. The van der Waals surface area contributed by atoms with Crippen LogP contribution < -0.4 is 21.3 Å². The minimum atomic E-state index is -1.47. The SMILES string of the molecule is CC(=O)N[C@H](C(=O)N[C@H](C(=O)NCC(=O)NC1CCC(=O)OB1O)C(C)O)C1CCCC1. The van der Waals surface area contributed by atoms with E-state index in [1.807, 2.05) is 0 Å². The first kappa shape index (κ1) is 25.6. The van der Waals surface area contributed by atoms with Crippen LogP contribution >= 0.6 is 0 Å². The highest BCUT2D eigenvalue weighted by Crippen LogP contribution is 2.28. The Labute approximate surface area is 186 Å². The number of carbonyl (C=O) groups is 5.